The van der Waals surface area contributed by atoms with Crippen molar-refractivity contribution in [2.24, 2.45) is 0 Å². The zero-order chi connectivity index (χ0) is 7.28. The van der Waals surface area contributed by atoms with Crippen molar-refractivity contribution in [2.45, 2.75) is 13.0 Å². The largest absolute Gasteiger partial charge is 0.400 e. The topological polar surface area (TPSA) is 18.5 Å². The zero-order valence-corrected chi connectivity index (χ0v) is 7.46. The van der Waals surface area contributed by atoms with Crippen molar-refractivity contribution in [3.05, 3.63) is 12.2 Å². The molecule has 0 atom stereocenters. The van der Waals surface area contributed by atoms with Crippen LogP contribution in [-0.2, 0) is 8.85 Å². The van der Waals surface area contributed by atoms with Crippen molar-refractivity contribution >= 4 is 9.28 Å². The summed E-state index contributed by atoms with van der Waals surface area (Å²) in [7, 11) is 2.02. The third-order valence-electron chi connectivity index (χ3n) is 1.04. The Morgan fingerprint density at radius 1 is 1.44 bits per heavy atom. The van der Waals surface area contributed by atoms with Gasteiger partial charge in [-0.3, -0.25) is 0 Å². The molecule has 2 nitrogen and oxygen atoms in total. The minimum Gasteiger partial charge on any atom is -0.400 e. The number of hydrogen-bond acceptors (Lipinski definition) is 2. The first-order valence-corrected chi connectivity index (χ1v) is 4.66. The molecule has 0 aromatic carbocycles. The van der Waals surface area contributed by atoms with Crippen LogP contribution in [0.4, 0.5) is 0 Å². The van der Waals surface area contributed by atoms with Crippen LogP contribution in [0.5, 0.6) is 0 Å². The van der Waals surface area contributed by atoms with E-state index < -0.39 is 9.28 Å². The Balaban J connectivity index is 3.43. The van der Waals surface area contributed by atoms with Crippen molar-refractivity contribution in [3.63, 3.8) is 0 Å². The predicted octanol–water partition coefficient (Wildman–Crippen LogP) is 1.08. The van der Waals surface area contributed by atoms with Gasteiger partial charge in [0, 0.05) is 20.3 Å². The minimum absolute atomic E-state index is 0.910. The van der Waals surface area contributed by atoms with E-state index in [-0.39, 0.29) is 0 Å². The number of rotatable bonds is 4. The number of allylic oxidation sites excluding steroid dienone is 1. The Hall–Kier alpha value is -0.123. The molecule has 54 valence electrons. The molecule has 0 saturated carbocycles. The lowest BCUT2D eigenvalue weighted by atomic mass is 10.4. The van der Waals surface area contributed by atoms with Crippen LogP contribution in [0.1, 0.15) is 6.92 Å². The van der Waals surface area contributed by atoms with Gasteiger partial charge in [-0.2, -0.15) is 0 Å². The van der Waals surface area contributed by atoms with Crippen LogP contribution < -0.4 is 0 Å². The summed E-state index contributed by atoms with van der Waals surface area (Å²) in [6.45, 7) is 5.75. The Morgan fingerprint density at radius 3 is 2.00 bits per heavy atom. The average Bonchev–Trinajstić information content (AvgIpc) is 1.82. The molecule has 9 heavy (non-hydrogen) atoms. The van der Waals surface area contributed by atoms with Gasteiger partial charge in [-0.25, -0.2) is 0 Å². The lowest BCUT2D eigenvalue weighted by Gasteiger charge is -2.09. The van der Waals surface area contributed by atoms with Crippen molar-refractivity contribution < 1.29 is 8.85 Å². The first kappa shape index (κ1) is 8.88. The molecule has 0 N–H and O–H groups in total. The average molecular weight is 146 g/mol. The van der Waals surface area contributed by atoms with Gasteiger partial charge < -0.3 is 8.85 Å². The van der Waals surface area contributed by atoms with Gasteiger partial charge in [0.1, 0.15) is 0 Å². The van der Waals surface area contributed by atoms with Gasteiger partial charge in [-0.15, -0.1) is 6.58 Å². The van der Waals surface area contributed by atoms with Crippen LogP contribution >= 0.6 is 0 Å². The molecular weight excluding hydrogens is 132 g/mol. The molecule has 0 rings (SSSR count). The van der Waals surface area contributed by atoms with E-state index in [1.165, 1.54) is 0 Å². The molecule has 0 saturated heterocycles. The fraction of sp³-hybridized carbons (Fsp3) is 0.667. The Morgan fingerprint density at radius 2 is 1.89 bits per heavy atom. The van der Waals surface area contributed by atoms with Crippen molar-refractivity contribution in [2.75, 3.05) is 14.2 Å². The molecule has 3 heteroatoms. The molecule has 0 aromatic rings. The summed E-state index contributed by atoms with van der Waals surface area (Å²) in [5.41, 5.74) is 1.13. The second-order valence-electron chi connectivity index (χ2n) is 2.06. The Kier molecular flexibility index (Phi) is 4.66. The lowest BCUT2D eigenvalue weighted by Crippen LogP contribution is -2.18. The Labute approximate surface area is 58.3 Å². The zero-order valence-electron chi connectivity index (χ0n) is 6.31. The summed E-state index contributed by atoms with van der Waals surface area (Å²) < 4.78 is 10.1. The molecule has 0 amide bonds. The van der Waals surface area contributed by atoms with Gasteiger partial charge in [-0.1, -0.05) is 5.57 Å². The standard InChI is InChI=1S/C6H14O2Si/c1-6(2)5-9(7-3)8-4/h9H,1,5H2,2-4H3. The molecule has 0 radical (unpaired) electrons. The maximum atomic E-state index is 5.07. The highest BCUT2D eigenvalue weighted by molar-refractivity contribution is 6.45. The Bertz CT molecular complexity index is 89.1. The van der Waals surface area contributed by atoms with Crippen LogP contribution in [0.15, 0.2) is 12.2 Å². The van der Waals surface area contributed by atoms with Gasteiger partial charge in [0.05, 0.1) is 0 Å². The molecule has 0 aliphatic carbocycles. The third kappa shape index (κ3) is 4.38. The lowest BCUT2D eigenvalue weighted by molar-refractivity contribution is 0.280. The maximum Gasteiger partial charge on any atom is 0.325 e. The van der Waals surface area contributed by atoms with Crippen molar-refractivity contribution in [1.82, 2.24) is 0 Å². The summed E-state index contributed by atoms with van der Waals surface area (Å²) in [5.74, 6) is 0. The second kappa shape index (κ2) is 4.73. The highest BCUT2D eigenvalue weighted by Gasteiger charge is 2.07. The second-order valence-corrected chi connectivity index (χ2v) is 4.27. The molecule has 0 aromatic heterocycles. The maximum absolute atomic E-state index is 5.07. The third-order valence-corrected chi connectivity index (χ3v) is 3.12. The summed E-state index contributed by atoms with van der Waals surface area (Å²) in [6.07, 6.45) is 0. The predicted molar refractivity (Wildman–Crippen MR) is 40.8 cm³/mol. The fourth-order valence-electron chi connectivity index (χ4n) is 0.547. The van der Waals surface area contributed by atoms with E-state index in [4.69, 9.17) is 8.85 Å². The van der Waals surface area contributed by atoms with E-state index in [0.717, 1.165) is 11.6 Å². The molecule has 0 aliphatic rings. The molecule has 0 unspecified atom stereocenters. The normalized spacial score (nSPS) is 10.2. The van der Waals surface area contributed by atoms with E-state index in [0.29, 0.717) is 0 Å². The van der Waals surface area contributed by atoms with Crippen molar-refractivity contribution in [3.8, 4) is 0 Å². The molecule has 0 spiro atoms. The quantitative estimate of drug-likeness (QED) is 0.436. The molecule has 0 fully saturated rings. The van der Waals surface area contributed by atoms with Gasteiger partial charge >= 0.3 is 9.28 Å². The van der Waals surface area contributed by atoms with Gasteiger partial charge in [0.15, 0.2) is 0 Å². The van der Waals surface area contributed by atoms with E-state index in [2.05, 4.69) is 6.58 Å². The van der Waals surface area contributed by atoms with Crippen molar-refractivity contribution in [1.29, 1.82) is 0 Å². The van der Waals surface area contributed by atoms with Gasteiger partial charge in [-0.05, 0) is 6.92 Å². The molecular formula is C6H14O2Si. The van der Waals surface area contributed by atoms with Gasteiger partial charge in [0.2, 0.25) is 0 Å². The fourth-order valence-corrected chi connectivity index (χ4v) is 1.64. The summed E-state index contributed by atoms with van der Waals surface area (Å²) in [5, 5.41) is 0. The number of hydrogen-bond donors (Lipinski definition) is 0. The first-order valence-electron chi connectivity index (χ1n) is 2.90. The summed E-state index contributed by atoms with van der Waals surface area (Å²) in [6, 6.07) is 0.910. The highest BCUT2D eigenvalue weighted by atomic mass is 28.3. The van der Waals surface area contributed by atoms with Crippen LogP contribution in [-0.4, -0.2) is 23.5 Å². The smallest absolute Gasteiger partial charge is 0.325 e. The molecule has 0 bridgehead atoms. The minimum atomic E-state index is -1.35. The van der Waals surface area contributed by atoms with Crippen LogP contribution in [0.2, 0.25) is 6.04 Å². The first-order chi connectivity index (χ1) is 4.20. The summed E-state index contributed by atoms with van der Waals surface area (Å²) in [4.78, 5) is 0. The SMILES string of the molecule is C=C(C)C[SiH](OC)OC. The molecule has 0 aliphatic heterocycles. The van der Waals surface area contributed by atoms with E-state index >= 15 is 0 Å². The van der Waals surface area contributed by atoms with Crippen LogP contribution in [0.25, 0.3) is 0 Å². The van der Waals surface area contributed by atoms with Gasteiger partial charge in [0.25, 0.3) is 0 Å². The monoisotopic (exact) mass is 146 g/mol. The van der Waals surface area contributed by atoms with Crippen LogP contribution in [0, 0.1) is 0 Å². The van der Waals surface area contributed by atoms with E-state index in [1.54, 1.807) is 14.2 Å². The highest BCUT2D eigenvalue weighted by Crippen LogP contribution is 2.02. The van der Waals surface area contributed by atoms with E-state index in [9.17, 15) is 0 Å². The molecule has 0 heterocycles. The summed E-state index contributed by atoms with van der Waals surface area (Å²) >= 11 is 0. The van der Waals surface area contributed by atoms with Crippen LogP contribution in [0.3, 0.4) is 0 Å². The van der Waals surface area contributed by atoms with E-state index in [1.807, 2.05) is 6.92 Å².